The minimum Gasteiger partial charge on any atom is -0.487 e. The Labute approximate surface area is 285 Å². The Bertz CT molecular complexity index is 1630. The summed E-state index contributed by atoms with van der Waals surface area (Å²) in [5, 5.41) is 19.5. The quantitative estimate of drug-likeness (QED) is 0.177. The van der Waals surface area contributed by atoms with E-state index in [4.69, 9.17) is 35.5 Å². The Hall–Kier alpha value is -4.06. The van der Waals surface area contributed by atoms with Crippen LogP contribution in [0.5, 0.6) is 11.6 Å². The fourth-order valence-electron chi connectivity index (χ4n) is 6.00. The standard InChI is InChI=1S/C31H38ClF3N10O4/c1-21(17-44-20-37-41-42-44)49-28-16-22(2-7-25(28)32)26-8-9-36-30(38-26)39-27-18-45(40-29(27)48-15-14-47-19-31(33,34)35)24-5-3-23(4-6-24)43-10-12-46-13-11-43/h2,7-9,16,18,20-21,23-24H,3-6,10-15,17,19H2,1H3,(H,36,38,39)/t21-,23?,24?/m0/s1. The van der Waals surface area contributed by atoms with Gasteiger partial charge in [0.1, 0.15) is 37.1 Å². The molecule has 264 valence electrons. The van der Waals surface area contributed by atoms with Gasteiger partial charge in [0.15, 0.2) is 0 Å². The number of hydrogen-bond donors (Lipinski definition) is 1. The maximum atomic E-state index is 12.6. The fraction of sp³-hybridized carbons (Fsp3) is 0.548. The Balaban J connectivity index is 1.15. The molecule has 1 aliphatic carbocycles. The highest BCUT2D eigenvalue weighted by Crippen LogP contribution is 2.35. The zero-order valence-electron chi connectivity index (χ0n) is 26.9. The summed E-state index contributed by atoms with van der Waals surface area (Å²) in [6.45, 7) is 4.02. The summed E-state index contributed by atoms with van der Waals surface area (Å²) in [5.74, 6) is 0.968. The molecule has 1 saturated heterocycles. The van der Waals surface area contributed by atoms with E-state index < -0.39 is 12.8 Å². The number of hydrogen-bond acceptors (Lipinski definition) is 12. The van der Waals surface area contributed by atoms with E-state index in [0.29, 0.717) is 34.7 Å². The first kappa shape index (κ1) is 34.8. The predicted octanol–water partition coefficient (Wildman–Crippen LogP) is 4.96. The van der Waals surface area contributed by atoms with Gasteiger partial charge in [-0.1, -0.05) is 17.7 Å². The maximum absolute atomic E-state index is 12.6. The first-order valence-electron chi connectivity index (χ1n) is 16.2. The first-order valence-corrected chi connectivity index (χ1v) is 16.5. The molecule has 0 amide bonds. The third kappa shape index (κ3) is 9.77. The first-order chi connectivity index (χ1) is 23.7. The van der Waals surface area contributed by atoms with Crippen LogP contribution in [0.3, 0.4) is 0 Å². The van der Waals surface area contributed by atoms with Crippen LogP contribution < -0.4 is 14.8 Å². The van der Waals surface area contributed by atoms with Crippen molar-refractivity contribution in [3.63, 3.8) is 0 Å². The summed E-state index contributed by atoms with van der Waals surface area (Å²) in [5.41, 5.74) is 1.83. The molecule has 1 aromatic carbocycles. The molecular formula is C31H38ClF3N10O4. The monoisotopic (exact) mass is 706 g/mol. The Morgan fingerprint density at radius 2 is 1.88 bits per heavy atom. The van der Waals surface area contributed by atoms with Crippen LogP contribution in [0.2, 0.25) is 5.02 Å². The summed E-state index contributed by atoms with van der Waals surface area (Å²) in [7, 11) is 0. The minimum absolute atomic E-state index is 0.119. The van der Waals surface area contributed by atoms with Gasteiger partial charge in [-0.3, -0.25) is 9.58 Å². The highest BCUT2D eigenvalue weighted by Gasteiger charge is 2.30. The molecule has 4 heterocycles. The molecule has 0 unspecified atom stereocenters. The number of nitrogens with one attached hydrogen (secondary N) is 1. The highest BCUT2D eigenvalue weighted by atomic mass is 35.5. The van der Waals surface area contributed by atoms with Crippen molar-refractivity contribution in [2.24, 2.45) is 0 Å². The normalized spacial score (nSPS) is 19.4. The predicted molar refractivity (Wildman–Crippen MR) is 172 cm³/mol. The number of alkyl halides is 3. The molecule has 4 aromatic rings. The molecular weight excluding hydrogens is 669 g/mol. The molecule has 2 aliphatic rings. The molecule has 18 heteroatoms. The van der Waals surface area contributed by atoms with Crippen molar-refractivity contribution < 1.29 is 32.1 Å². The number of rotatable bonds is 14. The zero-order valence-corrected chi connectivity index (χ0v) is 27.7. The van der Waals surface area contributed by atoms with Gasteiger partial charge in [-0.15, -0.1) is 10.2 Å². The summed E-state index contributed by atoms with van der Waals surface area (Å²) >= 11 is 6.45. The summed E-state index contributed by atoms with van der Waals surface area (Å²) < 4.78 is 63.2. The Morgan fingerprint density at radius 3 is 2.63 bits per heavy atom. The Kier molecular flexibility index (Phi) is 11.4. The molecule has 1 saturated carbocycles. The van der Waals surface area contributed by atoms with E-state index in [1.165, 1.54) is 6.33 Å². The van der Waals surface area contributed by atoms with E-state index in [1.54, 1.807) is 29.1 Å². The van der Waals surface area contributed by atoms with Gasteiger partial charge in [0.2, 0.25) is 5.95 Å². The number of morpholine rings is 1. The minimum atomic E-state index is -4.42. The van der Waals surface area contributed by atoms with Gasteiger partial charge in [0, 0.05) is 30.9 Å². The lowest BCUT2D eigenvalue weighted by molar-refractivity contribution is -0.175. The van der Waals surface area contributed by atoms with Crippen LogP contribution >= 0.6 is 11.6 Å². The average molecular weight is 707 g/mol. The van der Waals surface area contributed by atoms with Gasteiger partial charge in [-0.2, -0.15) is 13.2 Å². The molecule has 0 spiro atoms. The number of ether oxygens (including phenoxy) is 4. The van der Waals surface area contributed by atoms with Crippen LogP contribution in [0.1, 0.15) is 38.6 Å². The van der Waals surface area contributed by atoms with Gasteiger partial charge in [-0.05, 0) is 61.2 Å². The van der Waals surface area contributed by atoms with Gasteiger partial charge in [-0.25, -0.2) is 14.6 Å². The summed E-state index contributed by atoms with van der Waals surface area (Å²) in [6.07, 6.45) is 4.18. The number of tetrazole rings is 1. The number of nitrogens with zero attached hydrogens (tertiary/aromatic N) is 9. The number of aromatic nitrogens is 8. The van der Waals surface area contributed by atoms with Crippen LogP contribution in [0.15, 0.2) is 43.0 Å². The smallest absolute Gasteiger partial charge is 0.411 e. The van der Waals surface area contributed by atoms with Crippen molar-refractivity contribution in [2.45, 2.75) is 63.5 Å². The van der Waals surface area contributed by atoms with E-state index in [9.17, 15) is 13.2 Å². The van der Waals surface area contributed by atoms with Crippen LogP contribution in [-0.2, 0) is 16.0 Å². The Morgan fingerprint density at radius 1 is 1.08 bits per heavy atom. The fourth-order valence-corrected chi connectivity index (χ4v) is 6.17. The van der Waals surface area contributed by atoms with Crippen molar-refractivity contribution >= 4 is 23.2 Å². The number of anilines is 2. The number of halogens is 4. The average Bonchev–Trinajstić information content (AvgIpc) is 3.75. The van der Waals surface area contributed by atoms with Crippen molar-refractivity contribution in [3.05, 3.63) is 48.0 Å². The molecule has 1 N–H and O–H groups in total. The molecule has 6 rings (SSSR count). The lowest BCUT2D eigenvalue weighted by Crippen LogP contribution is -2.45. The van der Waals surface area contributed by atoms with Crippen LogP contribution in [0.25, 0.3) is 11.3 Å². The van der Waals surface area contributed by atoms with Gasteiger partial charge >= 0.3 is 6.18 Å². The van der Waals surface area contributed by atoms with Crippen molar-refractivity contribution in [1.29, 1.82) is 0 Å². The van der Waals surface area contributed by atoms with Gasteiger partial charge in [0.05, 0.1) is 49.3 Å². The lowest BCUT2D eigenvalue weighted by atomic mass is 9.90. The number of benzene rings is 1. The molecule has 1 atom stereocenters. The summed E-state index contributed by atoms with van der Waals surface area (Å²) in [6, 6.07) is 7.77. The van der Waals surface area contributed by atoms with E-state index >= 15 is 0 Å². The SMILES string of the molecule is C[C@@H](Cn1cnnn1)Oc1cc(-c2ccnc(Nc3cn(C4CCC(N5CCOCC5)CC4)nc3OCCOCC(F)(F)F)n2)ccc1Cl. The molecule has 0 bridgehead atoms. The molecule has 14 nitrogen and oxygen atoms in total. The van der Waals surface area contributed by atoms with E-state index in [1.807, 2.05) is 23.9 Å². The van der Waals surface area contributed by atoms with Crippen molar-refractivity contribution in [2.75, 3.05) is 51.4 Å². The lowest BCUT2D eigenvalue weighted by Gasteiger charge is -2.38. The van der Waals surface area contributed by atoms with E-state index in [-0.39, 0.29) is 37.2 Å². The second-order valence-corrected chi connectivity index (χ2v) is 12.4. The second kappa shape index (κ2) is 16.1. The summed E-state index contributed by atoms with van der Waals surface area (Å²) in [4.78, 5) is 11.6. The molecule has 3 aromatic heterocycles. The molecule has 2 fully saturated rings. The van der Waals surface area contributed by atoms with Gasteiger partial charge < -0.3 is 24.3 Å². The molecule has 49 heavy (non-hydrogen) atoms. The third-order valence-electron chi connectivity index (χ3n) is 8.33. The highest BCUT2D eigenvalue weighted by molar-refractivity contribution is 6.32. The van der Waals surface area contributed by atoms with Crippen LogP contribution in [0.4, 0.5) is 24.8 Å². The van der Waals surface area contributed by atoms with E-state index in [0.717, 1.165) is 57.6 Å². The van der Waals surface area contributed by atoms with Gasteiger partial charge in [0.25, 0.3) is 5.88 Å². The van der Waals surface area contributed by atoms with E-state index in [2.05, 4.69) is 35.8 Å². The van der Waals surface area contributed by atoms with Crippen LogP contribution in [-0.4, -0.2) is 109 Å². The molecule has 0 radical (unpaired) electrons. The molecule has 1 aliphatic heterocycles. The maximum Gasteiger partial charge on any atom is 0.411 e. The zero-order chi connectivity index (χ0) is 34.2. The van der Waals surface area contributed by atoms with Crippen molar-refractivity contribution in [3.8, 4) is 22.9 Å². The third-order valence-corrected chi connectivity index (χ3v) is 8.64. The largest absolute Gasteiger partial charge is 0.487 e. The van der Waals surface area contributed by atoms with Crippen LogP contribution in [0, 0.1) is 0 Å². The topological polar surface area (TPSA) is 139 Å². The van der Waals surface area contributed by atoms with Crippen molar-refractivity contribution in [1.82, 2.24) is 44.9 Å². The second-order valence-electron chi connectivity index (χ2n) is 12.0.